The first-order valence-electron chi connectivity index (χ1n) is 9.96. The van der Waals surface area contributed by atoms with Crippen LogP contribution in [0.4, 0.5) is 11.8 Å². The fraction of sp³-hybridized carbons (Fsp3) is 0.429. The van der Waals surface area contributed by atoms with Gasteiger partial charge in [-0.1, -0.05) is 18.2 Å². The number of hydrogen-bond acceptors (Lipinski definition) is 6. The van der Waals surface area contributed by atoms with Gasteiger partial charge < -0.3 is 24.7 Å². The van der Waals surface area contributed by atoms with Crippen LogP contribution < -0.4 is 10.2 Å². The molecular weight excluding hydrogens is 354 g/mol. The summed E-state index contributed by atoms with van der Waals surface area (Å²) in [5.41, 5.74) is 2.50. The molecule has 0 unspecified atom stereocenters. The minimum Gasteiger partial charge on any atom is -0.370 e. The van der Waals surface area contributed by atoms with Gasteiger partial charge in [-0.2, -0.15) is 4.98 Å². The standard InChI is InChI=1S/C21H25N5O2/c1-2-4-18-17(3-1)16(15-24-18)5-9-22-19-6-10-23-20(25-19)26-11-7-21(8-12-26)27-13-14-28-21/h1-4,6,10,15,24H,5,7-9,11-14H2,(H,22,23,25). The van der Waals surface area contributed by atoms with E-state index in [0.29, 0.717) is 13.2 Å². The van der Waals surface area contributed by atoms with Crippen molar-refractivity contribution in [3.8, 4) is 0 Å². The average molecular weight is 379 g/mol. The number of H-pyrrole nitrogens is 1. The second kappa shape index (κ2) is 7.41. The molecule has 7 heteroatoms. The molecule has 0 radical (unpaired) electrons. The number of nitrogens with one attached hydrogen (secondary N) is 2. The summed E-state index contributed by atoms with van der Waals surface area (Å²) in [6, 6.07) is 10.3. The van der Waals surface area contributed by atoms with Crippen molar-refractivity contribution in [1.82, 2.24) is 15.0 Å². The monoisotopic (exact) mass is 379 g/mol. The van der Waals surface area contributed by atoms with E-state index < -0.39 is 0 Å². The van der Waals surface area contributed by atoms with Gasteiger partial charge in [-0.25, -0.2) is 4.98 Å². The Morgan fingerprint density at radius 2 is 1.93 bits per heavy atom. The number of anilines is 2. The lowest BCUT2D eigenvalue weighted by atomic mass is 10.0. The summed E-state index contributed by atoms with van der Waals surface area (Å²) in [6.07, 6.45) is 6.56. The van der Waals surface area contributed by atoms with Gasteiger partial charge in [0.05, 0.1) is 13.2 Å². The van der Waals surface area contributed by atoms with Crippen molar-refractivity contribution in [3.05, 3.63) is 48.3 Å². The SMILES string of the molecule is c1ccc2c(CCNc3ccnc(N4CCC5(CC4)OCCO5)n3)c[nH]c2c1. The van der Waals surface area contributed by atoms with Crippen LogP contribution in [0.25, 0.3) is 10.9 Å². The highest BCUT2D eigenvalue weighted by molar-refractivity contribution is 5.83. The summed E-state index contributed by atoms with van der Waals surface area (Å²) in [5.74, 6) is 1.26. The zero-order chi connectivity index (χ0) is 18.8. The highest BCUT2D eigenvalue weighted by Gasteiger charge is 2.40. The van der Waals surface area contributed by atoms with Crippen molar-refractivity contribution in [2.24, 2.45) is 0 Å². The lowest BCUT2D eigenvalue weighted by molar-refractivity contribution is -0.169. The van der Waals surface area contributed by atoms with Crippen LogP contribution in [0.1, 0.15) is 18.4 Å². The minimum atomic E-state index is -0.369. The van der Waals surface area contributed by atoms with E-state index in [0.717, 1.165) is 50.7 Å². The maximum Gasteiger partial charge on any atom is 0.227 e. The van der Waals surface area contributed by atoms with Gasteiger partial charge in [-0.15, -0.1) is 0 Å². The van der Waals surface area contributed by atoms with E-state index >= 15 is 0 Å². The number of aromatic nitrogens is 3. The van der Waals surface area contributed by atoms with E-state index in [9.17, 15) is 0 Å². The van der Waals surface area contributed by atoms with Gasteiger partial charge in [-0.05, 0) is 24.1 Å². The molecule has 146 valence electrons. The molecule has 7 nitrogen and oxygen atoms in total. The molecule has 0 bridgehead atoms. The average Bonchev–Trinajstić information content (AvgIpc) is 3.37. The number of nitrogens with zero attached hydrogens (tertiary/aromatic N) is 3. The van der Waals surface area contributed by atoms with Gasteiger partial charge in [0.1, 0.15) is 5.82 Å². The summed E-state index contributed by atoms with van der Waals surface area (Å²) < 4.78 is 11.6. The largest absolute Gasteiger partial charge is 0.370 e. The Kier molecular flexibility index (Phi) is 4.62. The Morgan fingerprint density at radius 3 is 2.79 bits per heavy atom. The van der Waals surface area contributed by atoms with Crippen LogP contribution in [-0.4, -0.2) is 53.6 Å². The van der Waals surface area contributed by atoms with Crippen molar-refractivity contribution in [3.63, 3.8) is 0 Å². The van der Waals surface area contributed by atoms with Crippen LogP contribution in [0, 0.1) is 0 Å². The second-order valence-electron chi connectivity index (χ2n) is 7.37. The summed E-state index contributed by atoms with van der Waals surface area (Å²) in [7, 11) is 0. The number of rotatable bonds is 5. The Bertz CT molecular complexity index is 941. The lowest BCUT2D eigenvalue weighted by Gasteiger charge is -2.37. The van der Waals surface area contributed by atoms with Crippen LogP contribution in [0.3, 0.4) is 0 Å². The number of benzene rings is 1. The molecule has 1 spiro atoms. The Labute approximate surface area is 164 Å². The molecule has 5 rings (SSSR count). The van der Waals surface area contributed by atoms with Gasteiger partial charge >= 0.3 is 0 Å². The third-order valence-corrected chi connectivity index (χ3v) is 5.64. The molecule has 0 amide bonds. The highest BCUT2D eigenvalue weighted by atomic mass is 16.7. The van der Waals surface area contributed by atoms with Gasteiger partial charge in [0.15, 0.2) is 5.79 Å². The summed E-state index contributed by atoms with van der Waals surface area (Å²) in [5, 5.41) is 4.72. The normalized spacial score (nSPS) is 18.8. The van der Waals surface area contributed by atoms with E-state index in [4.69, 9.17) is 14.5 Å². The molecule has 1 aromatic carbocycles. The third kappa shape index (κ3) is 3.43. The Hall–Kier alpha value is -2.64. The first kappa shape index (κ1) is 17.5. The quantitative estimate of drug-likeness (QED) is 0.710. The van der Waals surface area contributed by atoms with Crippen LogP contribution in [0.2, 0.25) is 0 Å². The molecule has 28 heavy (non-hydrogen) atoms. The molecule has 0 aliphatic carbocycles. The summed E-state index contributed by atoms with van der Waals surface area (Å²) in [6.45, 7) is 3.92. The van der Waals surface area contributed by atoms with Crippen LogP contribution >= 0.6 is 0 Å². The zero-order valence-electron chi connectivity index (χ0n) is 15.9. The number of aromatic amines is 1. The molecule has 2 aliphatic heterocycles. The molecule has 2 saturated heterocycles. The number of hydrogen-bond donors (Lipinski definition) is 2. The first-order chi connectivity index (χ1) is 13.8. The van der Waals surface area contributed by atoms with Gasteiger partial charge in [0, 0.05) is 55.8 Å². The van der Waals surface area contributed by atoms with Crippen molar-refractivity contribution >= 4 is 22.7 Å². The number of fused-ring (bicyclic) bond motifs is 1. The van der Waals surface area contributed by atoms with Crippen molar-refractivity contribution in [1.29, 1.82) is 0 Å². The van der Waals surface area contributed by atoms with Crippen molar-refractivity contribution in [2.75, 3.05) is 43.1 Å². The van der Waals surface area contributed by atoms with Gasteiger partial charge in [0.2, 0.25) is 5.95 Å². The molecule has 4 heterocycles. The molecule has 2 fully saturated rings. The van der Waals surface area contributed by atoms with Gasteiger partial charge in [-0.3, -0.25) is 0 Å². The molecule has 2 aromatic heterocycles. The van der Waals surface area contributed by atoms with E-state index in [-0.39, 0.29) is 5.79 Å². The zero-order valence-corrected chi connectivity index (χ0v) is 15.9. The molecule has 0 saturated carbocycles. The highest BCUT2D eigenvalue weighted by Crippen LogP contribution is 2.32. The summed E-state index contributed by atoms with van der Waals surface area (Å²) >= 11 is 0. The number of para-hydroxylation sites is 1. The summed E-state index contributed by atoms with van der Waals surface area (Å²) in [4.78, 5) is 14.7. The fourth-order valence-electron chi connectivity index (χ4n) is 4.10. The predicted molar refractivity (Wildman–Crippen MR) is 109 cm³/mol. The molecule has 0 atom stereocenters. The van der Waals surface area contributed by atoms with Crippen LogP contribution in [0.5, 0.6) is 0 Å². The second-order valence-corrected chi connectivity index (χ2v) is 7.37. The molecule has 3 aromatic rings. The van der Waals surface area contributed by atoms with Gasteiger partial charge in [0.25, 0.3) is 0 Å². The molecule has 2 aliphatic rings. The maximum absolute atomic E-state index is 5.80. The topological polar surface area (TPSA) is 75.3 Å². The molecule has 2 N–H and O–H groups in total. The van der Waals surface area contributed by atoms with E-state index in [2.05, 4.69) is 50.6 Å². The first-order valence-corrected chi connectivity index (χ1v) is 9.96. The van der Waals surface area contributed by atoms with E-state index in [1.807, 2.05) is 12.3 Å². The number of piperidine rings is 1. The Balaban J connectivity index is 1.19. The van der Waals surface area contributed by atoms with E-state index in [1.165, 1.54) is 16.5 Å². The third-order valence-electron chi connectivity index (χ3n) is 5.64. The van der Waals surface area contributed by atoms with Crippen LogP contribution in [-0.2, 0) is 15.9 Å². The Morgan fingerprint density at radius 1 is 1.11 bits per heavy atom. The van der Waals surface area contributed by atoms with Crippen LogP contribution in [0.15, 0.2) is 42.7 Å². The lowest BCUT2D eigenvalue weighted by Crippen LogP contribution is -2.45. The fourth-order valence-corrected chi connectivity index (χ4v) is 4.10. The van der Waals surface area contributed by atoms with Crippen molar-refractivity contribution in [2.45, 2.75) is 25.0 Å². The minimum absolute atomic E-state index is 0.369. The smallest absolute Gasteiger partial charge is 0.227 e. The maximum atomic E-state index is 5.80. The predicted octanol–water partition coefficient (Wildman–Crippen LogP) is 2.96. The molecular formula is C21H25N5O2. The van der Waals surface area contributed by atoms with Crippen molar-refractivity contribution < 1.29 is 9.47 Å². The number of ether oxygens (including phenoxy) is 2. The van der Waals surface area contributed by atoms with E-state index in [1.54, 1.807) is 0 Å².